The summed E-state index contributed by atoms with van der Waals surface area (Å²) in [4.78, 5) is 46.8. The van der Waals surface area contributed by atoms with Crippen LogP contribution in [0, 0.1) is 0 Å². The molecule has 0 aliphatic carbocycles. The lowest BCUT2D eigenvalue weighted by molar-refractivity contribution is -0.114. The summed E-state index contributed by atoms with van der Waals surface area (Å²) in [6.07, 6.45) is 0. The van der Waals surface area contributed by atoms with Crippen LogP contribution in [0.5, 0.6) is 0 Å². The van der Waals surface area contributed by atoms with Gasteiger partial charge in [0.1, 0.15) is 0 Å². The average molecular weight is 442 g/mol. The minimum Gasteiger partial charge on any atom is -0.454 e. The van der Waals surface area contributed by atoms with Gasteiger partial charge in [-0.1, -0.05) is 61.2 Å². The third kappa shape index (κ3) is 7.14. The largest absolute Gasteiger partial charge is 0.454 e. The standard InChI is InChI=1S/C22H20O6P2/c1-3-29-20(24)14-27-21(25)18-11-7-16(8-12-18)15-5-9-17(10-6-15)19(23)13-28-22(26)30-4-2/h3-12,29-30H,1-2,13-14H2. The lowest BCUT2D eigenvalue weighted by Gasteiger charge is -2.07. The number of carbonyl (C=O) groups is 4. The Kier molecular flexibility index (Phi) is 9.27. The highest BCUT2D eigenvalue weighted by molar-refractivity contribution is 7.61. The van der Waals surface area contributed by atoms with Gasteiger partial charge in [-0.2, -0.15) is 0 Å². The van der Waals surface area contributed by atoms with Crippen LogP contribution >= 0.6 is 17.2 Å². The third-order valence-electron chi connectivity index (χ3n) is 3.81. The van der Waals surface area contributed by atoms with Crippen molar-refractivity contribution >= 4 is 40.1 Å². The van der Waals surface area contributed by atoms with Gasteiger partial charge in [0.2, 0.25) is 0 Å². The maximum absolute atomic E-state index is 12.1. The highest BCUT2D eigenvalue weighted by Gasteiger charge is 2.11. The van der Waals surface area contributed by atoms with Crippen LogP contribution in [-0.2, 0) is 14.3 Å². The molecule has 0 aromatic heterocycles. The van der Waals surface area contributed by atoms with E-state index in [4.69, 9.17) is 9.47 Å². The number of carbonyl (C=O) groups excluding carboxylic acids is 4. The van der Waals surface area contributed by atoms with Crippen LogP contribution in [0.1, 0.15) is 20.7 Å². The predicted molar refractivity (Wildman–Crippen MR) is 120 cm³/mol. The second-order valence-electron chi connectivity index (χ2n) is 5.85. The molecule has 2 unspecified atom stereocenters. The monoisotopic (exact) mass is 442 g/mol. The van der Waals surface area contributed by atoms with Crippen LogP contribution in [0.2, 0.25) is 0 Å². The predicted octanol–water partition coefficient (Wildman–Crippen LogP) is 5.00. The Labute approximate surface area is 177 Å². The summed E-state index contributed by atoms with van der Waals surface area (Å²) < 4.78 is 9.86. The lowest BCUT2D eigenvalue weighted by Crippen LogP contribution is -2.10. The van der Waals surface area contributed by atoms with Gasteiger partial charge in [-0.15, -0.1) is 0 Å². The number of rotatable bonds is 11. The van der Waals surface area contributed by atoms with Gasteiger partial charge < -0.3 is 9.47 Å². The van der Waals surface area contributed by atoms with Crippen molar-refractivity contribution in [3.05, 3.63) is 84.4 Å². The average Bonchev–Trinajstić information content (AvgIpc) is 2.76. The molecule has 0 N–H and O–H groups in total. The Balaban J connectivity index is 1.96. The second kappa shape index (κ2) is 11.9. The molecule has 2 rings (SSSR count). The number of ether oxygens (including phenoxy) is 2. The molecule has 0 aliphatic rings. The first-order chi connectivity index (χ1) is 14.4. The first-order valence-corrected chi connectivity index (χ1v) is 11.0. The van der Waals surface area contributed by atoms with E-state index in [1.54, 1.807) is 48.5 Å². The highest BCUT2D eigenvalue weighted by Crippen LogP contribution is 2.21. The smallest absolute Gasteiger partial charge is 0.338 e. The lowest BCUT2D eigenvalue weighted by atomic mass is 10.0. The number of Topliss-reactive ketones (excluding diaryl/α,β-unsaturated/α-hetero) is 1. The van der Waals surface area contributed by atoms with Crippen molar-refractivity contribution in [3.8, 4) is 11.1 Å². The Morgan fingerprint density at radius 1 is 0.733 bits per heavy atom. The minimum atomic E-state index is -0.573. The number of benzene rings is 2. The minimum absolute atomic E-state index is 0.0844. The van der Waals surface area contributed by atoms with E-state index in [0.717, 1.165) is 11.1 Å². The Morgan fingerprint density at radius 3 is 1.80 bits per heavy atom. The third-order valence-corrected chi connectivity index (χ3v) is 5.07. The van der Waals surface area contributed by atoms with Crippen LogP contribution in [0.25, 0.3) is 11.1 Å². The van der Waals surface area contributed by atoms with Crippen LogP contribution < -0.4 is 0 Å². The Morgan fingerprint density at radius 2 is 1.27 bits per heavy atom. The van der Waals surface area contributed by atoms with Crippen LogP contribution in [-0.4, -0.2) is 36.2 Å². The molecule has 30 heavy (non-hydrogen) atoms. The summed E-state index contributed by atoms with van der Waals surface area (Å²) in [6.45, 7) is 6.33. The SMILES string of the molecule is C=CPC(=O)COC(=O)c1ccc(-c2ccc(C(=O)COC(=O)PC=C)cc2)cc1. The van der Waals surface area contributed by atoms with E-state index < -0.39 is 11.7 Å². The summed E-state index contributed by atoms with van der Waals surface area (Å²) in [5.74, 6) is 2.05. The molecule has 2 aromatic rings. The maximum Gasteiger partial charge on any atom is 0.338 e. The van der Waals surface area contributed by atoms with Crippen molar-refractivity contribution in [2.75, 3.05) is 13.2 Å². The van der Waals surface area contributed by atoms with Gasteiger partial charge >= 0.3 is 11.7 Å². The molecule has 8 heteroatoms. The fourth-order valence-electron chi connectivity index (χ4n) is 2.36. The van der Waals surface area contributed by atoms with Crippen molar-refractivity contribution < 1.29 is 28.7 Å². The summed E-state index contributed by atoms with van der Waals surface area (Å²) in [7, 11) is -0.267. The van der Waals surface area contributed by atoms with E-state index in [-0.39, 0.29) is 41.7 Å². The van der Waals surface area contributed by atoms with E-state index in [1.807, 2.05) is 0 Å². The molecule has 0 bridgehead atoms. The van der Waals surface area contributed by atoms with Crippen molar-refractivity contribution in [1.82, 2.24) is 0 Å². The zero-order valence-electron chi connectivity index (χ0n) is 16.1. The zero-order chi connectivity index (χ0) is 21.9. The van der Waals surface area contributed by atoms with Gasteiger partial charge in [0.05, 0.1) is 5.56 Å². The quantitative estimate of drug-likeness (QED) is 0.277. The molecule has 0 aliphatic heterocycles. The van der Waals surface area contributed by atoms with E-state index >= 15 is 0 Å². The van der Waals surface area contributed by atoms with Crippen molar-refractivity contribution in [3.63, 3.8) is 0 Å². The van der Waals surface area contributed by atoms with Gasteiger partial charge in [-0.05, 0) is 31.8 Å². The molecule has 0 saturated carbocycles. The number of hydrogen-bond acceptors (Lipinski definition) is 6. The van der Waals surface area contributed by atoms with Gasteiger partial charge in [0, 0.05) is 14.1 Å². The van der Waals surface area contributed by atoms with Crippen LogP contribution in [0.3, 0.4) is 0 Å². The summed E-state index contributed by atoms with van der Waals surface area (Å²) in [5.41, 5.74) is 1.79. The molecule has 0 fully saturated rings. The number of hydrogen-bond donors (Lipinski definition) is 0. The van der Waals surface area contributed by atoms with Gasteiger partial charge in [-0.3, -0.25) is 9.59 Å². The van der Waals surface area contributed by atoms with Gasteiger partial charge in [0.15, 0.2) is 24.5 Å². The first-order valence-electron chi connectivity index (χ1n) is 8.80. The molecule has 154 valence electrons. The molecule has 0 heterocycles. The molecule has 6 nitrogen and oxygen atoms in total. The van der Waals surface area contributed by atoms with Crippen molar-refractivity contribution in [2.45, 2.75) is 0 Å². The molecule has 0 amide bonds. The van der Waals surface area contributed by atoms with Crippen LogP contribution in [0.4, 0.5) is 4.79 Å². The summed E-state index contributed by atoms with van der Waals surface area (Å²) in [6, 6.07) is 13.5. The molecular weight excluding hydrogens is 422 g/mol. The fraction of sp³-hybridized carbons (Fsp3) is 0.0909. The number of ketones is 1. The van der Waals surface area contributed by atoms with Crippen LogP contribution in [0.15, 0.2) is 73.3 Å². The first kappa shape index (κ1) is 23.3. The Hall–Kier alpha value is -2.94. The maximum atomic E-state index is 12.1. The molecule has 0 saturated heterocycles. The summed E-state index contributed by atoms with van der Waals surface area (Å²) in [5, 5.41) is 0. The molecular formula is C22H20O6P2. The van der Waals surface area contributed by atoms with E-state index in [9.17, 15) is 19.2 Å². The van der Waals surface area contributed by atoms with Gasteiger partial charge in [0.25, 0.3) is 0 Å². The zero-order valence-corrected chi connectivity index (χ0v) is 18.1. The molecule has 0 spiro atoms. The topological polar surface area (TPSA) is 86.7 Å². The molecule has 2 aromatic carbocycles. The van der Waals surface area contributed by atoms with E-state index in [2.05, 4.69) is 13.2 Å². The van der Waals surface area contributed by atoms with Gasteiger partial charge in [-0.25, -0.2) is 9.59 Å². The highest BCUT2D eigenvalue weighted by atomic mass is 31.1. The Bertz CT molecular complexity index is 869. The van der Waals surface area contributed by atoms with Crippen molar-refractivity contribution in [2.24, 2.45) is 0 Å². The summed E-state index contributed by atoms with van der Waals surface area (Å²) >= 11 is 0. The van der Waals surface area contributed by atoms with E-state index in [1.165, 1.54) is 11.6 Å². The normalized spacial score (nSPS) is 10.8. The fourth-order valence-corrected chi connectivity index (χ4v) is 3.06. The molecule has 2 atom stereocenters. The van der Waals surface area contributed by atoms with E-state index in [0.29, 0.717) is 11.1 Å². The second-order valence-corrected chi connectivity index (χ2v) is 8.21. The molecule has 0 radical (unpaired) electrons. The number of esters is 1. The van der Waals surface area contributed by atoms with Crippen molar-refractivity contribution in [1.29, 1.82) is 0 Å².